The third-order valence-electron chi connectivity index (χ3n) is 4.18. The number of piperidine rings is 1. The van der Waals surface area contributed by atoms with E-state index in [-0.39, 0.29) is 36.3 Å². The number of guanidine groups is 1. The monoisotopic (exact) mass is 490 g/mol. The van der Waals surface area contributed by atoms with Crippen LogP contribution in [-0.4, -0.2) is 84.3 Å². The van der Waals surface area contributed by atoms with Gasteiger partial charge in [0.15, 0.2) is 5.96 Å². The van der Waals surface area contributed by atoms with Crippen LogP contribution in [0.15, 0.2) is 4.99 Å². The van der Waals surface area contributed by atoms with E-state index >= 15 is 0 Å². The van der Waals surface area contributed by atoms with Gasteiger partial charge >= 0.3 is 0 Å². The molecule has 1 rings (SSSR count). The molecule has 25 heavy (non-hydrogen) atoms. The third kappa shape index (κ3) is 13.7. The van der Waals surface area contributed by atoms with Gasteiger partial charge < -0.3 is 20.3 Å². The zero-order valence-electron chi connectivity index (χ0n) is 15.8. The molecule has 1 aliphatic heterocycles. The predicted molar refractivity (Wildman–Crippen MR) is 115 cm³/mol. The number of nitrogens with one attached hydrogen (secondary N) is 2. The van der Waals surface area contributed by atoms with Gasteiger partial charge in [-0.15, -0.1) is 24.0 Å². The summed E-state index contributed by atoms with van der Waals surface area (Å²) in [5.74, 6) is 1.70. The van der Waals surface area contributed by atoms with E-state index in [1.807, 2.05) is 0 Å². The summed E-state index contributed by atoms with van der Waals surface area (Å²) in [6.07, 6.45) is 4.94. The molecule has 0 radical (unpaired) electrons. The molecule has 1 aliphatic rings. The van der Waals surface area contributed by atoms with E-state index in [4.69, 9.17) is 4.74 Å². The number of aliphatic imine (C=N–C) groups is 1. The molecule has 0 saturated carbocycles. The first-order valence-corrected chi connectivity index (χ1v) is 10.9. The van der Waals surface area contributed by atoms with Crippen molar-refractivity contribution in [3.8, 4) is 0 Å². The minimum atomic E-state index is -2.95. The Morgan fingerprint density at radius 2 is 1.84 bits per heavy atom. The van der Waals surface area contributed by atoms with Crippen molar-refractivity contribution in [2.24, 2.45) is 10.9 Å². The molecule has 0 amide bonds. The summed E-state index contributed by atoms with van der Waals surface area (Å²) in [5.41, 5.74) is 0. The van der Waals surface area contributed by atoms with E-state index in [1.165, 1.54) is 32.2 Å². The molecule has 0 bridgehead atoms. The summed E-state index contributed by atoms with van der Waals surface area (Å²) < 4.78 is 27.2. The standard InChI is InChI=1S/C16H34N4O3S.HI/c1-15-5-10-20(11-6-15)9-4-7-18-16(17-2)19-8-12-23-13-14-24(3,21)22;/h15H,4-14H2,1-3H3,(H2,17,18,19);1H. The van der Waals surface area contributed by atoms with Crippen molar-refractivity contribution in [2.45, 2.75) is 26.2 Å². The van der Waals surface area contributed by atoms with E-state index in [0.29, 0.717) is 13.2 Å². The Kier molecular flexibility index (Phi) is 13.9. The molecule has 0 spiro atoms. The summed E-state index contributed by atoms with van der Waals surface area (Å²) in [6, 6.07) is 0. The van der Waals surface area contributed by atoms with E-state index in [2.05, 4.69) is 27.4 Å². The highest BCUT2D eigenvalue weighted by Gasteiger charge is 2.14. The van der Waals surface area contributed by atoms with Crippen LogP contribution in [0.2, 0.25) is 0 Å². The maximum atomic E-state index is 11.0. The Balaban J connectivity index is 0.00000576. The first-order chi connectivity index (χ1) is 11.4. The number of rotatable bonds is 10. The molecule has 0 unspecified atom stereocenters. The predicted octanol–water partition coefficient (Wildman–Crippen LogP) is 0.953. The largest absolute Gasteiger partial charge is 0.379 e. The molecule has 150 valence electrons. The van der Waals surface area contributed by atoms with Gasteiger partial charge in [-0.3, -0.25) is 4.99 Å². The number of hydrogen-bond donors (Lipinski definition) is 2. The van der Waals surface area contributed by atoms with Crippen LogP contribution in [0.25, 0.3) is 0 Å². The van der Waals surface area contributed by atoms with Crippen molar-refractivity contribution in [1.82, 2.24) is 15.5 Å². The Bertz CT molecular complexity index is 466. The minimum absolute atomic E-state index is 0. The van der Waals surface area contributed by atoms with Gasteiger partial charge in [0.2, 0.25) is 0 Å². The zero-order valence-corrected chi connectivity index (χ0v) is 18.9. The average Bonchev–Trinajstić information content (AvgIpc) is 2.53. The van der Waals surface area contributed by atoms with Crippen LogP contribution < -0.4 is 10.6 Å². The highest BCUT2D eigenvalue weighted by Crippen LogP contribution is 2.15. The molecule has 0 atom stereocenters. The van der Waals surface area contributed by atoms with Crippen molar-refractivity contribution in [2.75, 3.05) is 65.0 Å². The maximum absolute atomic E-state index is 11.0. The van der Waals surface area contributed by atoms with Gasteiger partial charge in [-0.1, -0.05) is 6.92 Å². The van der Waals surface area contributed by atoms with Crippen LogP contribution in [0.1, 0.15) is 26.2 Å². The lowest BCUT2D eigenvalue weighted by atomic mass is 9.99. The van der Waals surface area contributed by atoms with Crippen LogP contribution in [-0.2, 0) is 14.6 Å². The Morgan fingerprint density at radius 1 is 1.20 bits per heavy atom. The highest BCUT2D eigenvalue weighted by atomic mass is 127. The molecule has 1 fully saturated rings. The number of likely N-dealkylation sites (tertiary alicyclic amines) is 1. The second-order valence-corrected chi connectivity index (χ2v) is 8.81. The van der Waals surface area contributed by atoms with Crippen molar-refractivity contribution >= 4 is 39.8 Å². The van der Waals surface area contributed by atoms with Crippen LogP contribution in [0.5, 0.6) is 0 Å². The van der Waals surface area contributed by atoms with Gasteiger partial charge in [-0.2, -0.15) is 0 Å². The number of nitrogens with zero attached hydrogens (tertiary/aromatic N) is 2. The number of ether oxygens (including phenoxy) is 1. The molecule has 0 aliphatic carbocycles. The van der Waals surface area contributed by atoms with Crippen LogP contribution in [0, 0.1) is 5.92 Å². The summed E-state index contributed by atoms with van der Waals surface area (Å²) in [4.78, 5) is 6.70. The fourth-order valence-electron chi connectivity index (χ4n) is 2.57. The SMILES string of the molecule is CN=C(NCCCN1CCC(C)CC1)NCCOCCS(C)(=O)=O.I. The number of sulfone groups is 1. The highest BCUT2D eigenvalue weighted by molar-refractivity contribution is 14.0. The molecule has 7 nitrogen and oxygen atoms in total. The lowest BCUT2D eigenvalue weighted by Crippen LogP contribution is -2.41. The summed E-state index contributed by atoms with van der Waals surface area (Å²) >= 11 is 0. The first kappa shape index (κ1) is 24.9. The van der Waals surface area contributed by atoms with E-state index < -0.39 is 9.84 Å². The van der Waals surface area contributed by atoms with Crippen molar-refractivity contribution in [3.05, 3.63) is 0 Å². The third-order valence-corrected chi connectivity index (χ3v) is 5.09. The summed E-state index contributed by atoms with van der Waals surface area (Å²) in [7, 11) is -1.20. The number of halogens is 1. The summed E-state index contributed by atoms with van der Waals surface area (Å²) in [6.45, 7) is 8.10. The van der Waals surface area contributed by atoms with Gasteiger partial charge in [-0.25, -0.2) is 8.42 Å². The zero-order chi connectivity index (χ0) is 17.8. The summed E-state index contributed by atoms with van der Waals surface area (Å²) in [5, 5.41) is 6.46. The Hall–Kier alpha value is -0.130. The molecule has 2 N–H and O–H groups in total. The smallest absolute Gasteiger partial charge is 0.191 e. The molecule has 1 heterocycles. The second kappa shape index (κ2) is 14.0. The lowest BCUT2D eigenvalue weighted by Gasteiger charge is -2.30. The van der Waals surface area contributed by atoms with Gasteiger partial charge in [0, 0.05) is 26.4 Å². The van der Waals surface area contributed by atoms with Gasteiger partial charge in [0.05, 0.1) is 19.0 Å². The van der Waals surface area contributed by atoms with E-state index in [0.717, 1.165) is 31.4 Å². The second-order valence-electron chi connectivity index (χ2n) is 6.55. The molecule has 1 saturated heterocycles. The van der Waals surface area contributed by atoms with Gasteiger partial charge in [0.25, 0.3) is 0 Å². The molecular formula is C16H35IN4O3S. The van der Waals surface area contributed by atoms with Crippen LogP contribution in [0.4, 0.5) is 0 Å². The van der Waals surface area contributed by atoms with Crippen molar-refractivity contribution in [3.63, 3.8) is 0 Å². The van der Waals surface area contributed by atoms with Crippen molar-refractivity contribution < 1.29 is 13.2 Å². The van der Waals surface area contributed by atoms with E-state index in [9.17, 15) is 8.42 Å². The van der Waals surface area contributed by atoms with E-state index in [1.54, 1.807) is 7.05 Å². The topological polar surface area (TPSA) is 83.0 Å². The fraction of sp³-hybridized carbons (Fsp3) is 0.938. The van der Waals surface area contributed by atoms with Gasteiger partial charge in [-0.05, 0) is 44.8 Å². The van der Waals surface area contributed by atoms with Crippen LogP contribution in [0.3, 0.4) is 0 Å². The number of hydrogen-bond acceptors (Lipinski definition) is 5. The fourth-order valence-corrected chi connectivity index (χ4v) is 2.99. The Labute approximate surface area is 170 Å². The molecule has 0 aromatic carbocycles. The first-order valence-electron chi connectivity index (χ1n) is 8.83. The minimum Gasteiger partial charge on any atom is -0.379 e. The molecule has 0 aromatic heterocycles. The van der Waals surface area contributed by atoms with Crippen LogP contribution >= 0.6 is 24.0 Å². The molecule has 9 heteroatoms. The quantitative estimate of drug-likeness (QED) is 0.206. The maximum Gasteiger partial charge on any atom is 0.191 e. The average molecular weight is 490 g/mol. The molecule has 0 aromatic rings. The van der Waals surface area contributed by atoms with Crippen molar-refractivity contribution in [1.29, 1.82) is 0 Å². The molecular weight excluding hydrogens is 455 g/mol. The Morgan fingerprint density at radius 3 is 2.44 bits per heavy atom. The van der Waals surface area contributed by atoms with Gasteiger partial charge in [0.1, 0.15) is 9.84 Å². The lowest BCUT2D eigenvalue weighted by molar-refractivity contribution is 0.154. The normalized spacial score (nSPS) is 17.2.